The molecule has 2 heterocycles. The van der Waals surface area contributed by atoms with Crippen molar-refractivity contribution in [2.45, 2.75) is 49.5 Å². The summed E-state index contributed by atoms with van der Waals surface area (Å²) in [5.74, 6) is -3.79. The molecule has 4 aromatic rings. The van der Waals surface area contributed by atoms with Crippen LogP contribution in [0.1, 0.15) is 49.5 Å². The van der Waals surface area contributed by atoms with E-state index in [-0.39, 0.29) is 24.3 Å². The first-order valence-corrected chi connectivity index (χ1v) is 16.0. The van der Waals surface area contributed by atoms with Crippen molar-refractivity contribution in [1.29, 1.82) is 0 Å². The first-order valence-electron chi connectivity index (χ1n) is 16.0. The average Bonchev–Trinajstić information content (AvgIpc) is 3.54. The highest BCUT2D eigenvalue weighted by Crippen LogP contribution is 2.45. The fraction of sp³-hybridized carbons (Fsp3) is 0.256. The smallest absolute Gasteiger partial charge is 0.338 e. The van der Waals surface area contributed by atoms with Crippen molar-refractivity contribution >= 4 is 17.9 Å². The Morgan fingerprint density at radius 3 is 1.73 bits per heavy atom. The summed E-state index contributed by atoms with van der Waals surface area (Å²) in [7, 11) is 0. The van der Waals surface area contributed by atoms with E-state index in [9.17, 15) is 14.4 Å². The second-order valence-electron chi connectivity index (χ2n) is 11.4. The lowest BCUT2D eigenvalue weighted by atomic mass is 9.98. The zero-order valence-corrected chi connectivity index (χ0v) is 26.6. The molecule has 2 aliphatic rings. The third-order valence-corrected chi connectivity index (χ3v) is 8.02. The maximum Gasteiger partial charge on any atom is 0.338 e. The Morgan fingerprint density at radius 2 is 1.18 bits per heavy atom. The Balaban J connectivity index is 1.37. The SMILES string of the molecule is C=CCCCOC1(c2ccccc2)OC2C(OC(=O)c3ccccc3)[C@H](OC(=O)c3ccccc3)C(COC(=O)c3ccccc3)O[C@@H]2O1. The van der Waals surface area contributed by atoms with Gasteiger partial charge in [-0.25, -0.2) is 14.4 Å². The lowest BCUT2D eigenvalue weighted by molar-refractivity contribution is -0.367. The largest absolute Gasteiger partial charge is 0.459 e. The highest BCUT2D eigenvalue weighted by atomic mass is 16.9. The normalized spacial score (nSPS) is 24.3. The maximum absolute atomic E-state index is 13.6. The molecule has 10 heteroatoms. The Kier molecular flexibility index (Phi) is 10.9. The van der Waals surface area contributed by atoms with Crippen molar-refractivity contribution in [3.63, 3.8) is 0 Å². The molecule has 0 aromatic heterocycles. The molecule has 10 nitrogen and oxygen atoms in total. The number of carbonyl (C=O) groups excluding carboxylic acids is 3. The third-order valence-electron chi connectivity index (χ3n) is 8.02. The minimum atomic E-state index is -1.77. The van der Waals surface area contributed by atoms with Crippen LogP contribution in [0.25, 0.3) is 0 Å². The van der Waals surface area contributed by atoms with Crippen molar-refractivity contribution in [1.82, 2.24) is 0 Å². The van der Waals surface area contributed by atoms with Crippen LogP contribution >= 0.6 is 0 Å². The fourth-order valence-corrected chi connectivity index (χ4v) is 5.58. The van der Waals surface area contributed by atoms with Crippen molar-refractivity contribution < 1.29 is 47.5 Å². The van der Waals surface area contributed by atoms with Gasteiger partial charge in [0.1, 0.15) is 12.7 Å². The van der Waals surface area contributed by atoms with E-state index in [2.05, 4.69) is 6.58 Å². The molecule has 252 valence electrons. The summed E-state index contributed by atoms with van der Waals surface area (Å²) < 4.78 is 43.5. The molecular weight excluding hydrogens is 628 g/mol. The molecule has 4 aromatic carbocycles. The number of fused-ring (bicyclic) bond motifs is 1. The maximum atomic E-state index is 13.6. The number of allylic oxidation sites excluding steroid dienone is 1. The predicted molar refractivity (Wildman–Crippen MR) is 176 cm³/mol. The molecule has 2 aliphatic heterocycles. The Morgan fingerprint density at radius 1 is 0.673 bits per heavy atom. The molecule has 0 spiro atoms. The minimum absolute atomic E-state index is 0.235. The molecule has 2 fully saturated rings. The van der Waals surface area contributed by atoms with E-state index < -0.39 is 54.6 Å². The fourth-order valence-electron chi connectivity index (χ4n) is 5.58. The molecule has 49 heavy (non-hydrogen) atoms. The topological polar surface area (TPSA) is 116 Å². The van der Waals surface area contributed by atoms with Gasteiger partial charge < -0.3 is 28.4 Å². The van der Waals surface area contributed by atoms with E-state index in [4.69, 9.17) is 33.2 Å². The Hall–Kier alpha value is -5.13. The van der Waals surface area contributed by atoms with E-state index in [0.29, 0.717) is 24.0 Å². The lowest BCUT2D eigenvalue weighted by Gasteiger charge is -2.41. The van der Waals surface area contributed by atoms with Crippen molar-refractivity contribution in [3.8, 4) is 0 Å². The van der Waals surface area contributed by atoms with Gasteiger partial charge in [-0.15, -0.1) is 6.58 Å². The molecule has 6 rings (SSSR count). The van der Waals surface area contributed by atoms with Gasteiger partial charge in [0.2, 0.25) is 0 Å². The highest BCUT2D eigenvalue weighted by molar-refractivity contribution is 5.91. The third kappa shape index (κ3) is 7.96. The van der Waals surface area contributed by atoms with Crippen LogP contribution in [0.2, 0.25) is 0 Å². The quantitative estimate of drug-likeness (QED) is 0.0705. The van der Waals surface area contributed by atoms with Gasteiger partial charge in [0.05, 0.1) is 23.3 Å². The van der Waals surface area contributed by atoms with Crippen LogP contribution in [0, 0.1) is 0 Å². The van der Waals surface area contributed by atoms with Crippen LogP contribution in [0.15, 0.2) is 134 Å². The number of ether oxygens (including phenoxy) is 7. The molecule has 0 radical (unpaired) electrons. The minimum Gasteiger partial charge on any atom is -0.459 e. The van der Waals surface area contributed by atoms with Gasteiger partial charge in [-0.05, 0) is 49.2 Å². The standard InChI is InChI=1S/C39H36O10/c1-2-3-16-25-44-39(30-23-14-7-15-24-30)48-34-33(47-37(42)29-21-12-6-13-22-29)32(46-36(41)28-19-10-5-11-20-28)31(45-38(34)49-39)26-43-35(40)27-17-8-4-9-18-27/h2,4-15,17-24,31-34,38H,1,3,16,25-26H2/t31?,32-,33?,34?,38-,39?/m1/s1. The van der Waals surface area contributed by atoms with Crippen LogP contribution in [0.5, 0.6) is 0 Å². The second-order valence-corrected chi connectivity index (χ2v) is 11.4. The Labute approximate surface area is 284 Å². The van der Waals surface area contributed by atoms with Crippen LogP contribution in [-0.2, 0) is 39.1 Å². The molecule has 0 bridgehead atoms. The number of rotatable bonds is 13. The molecule has 0 amide bonds. The number of hydrogen-bond acceptors (Lipinski definition) is 10. The van der Waals surface area contributed by atoms with Gasteiger partial charge in [-0.2, -0.15) is 0 Å². The zero-order chi connectivity index (χ0) is 34.1. The van der Waals surface area contributed by atoms with Gasteiger partial charge >= 0.3 is 23.9 Å². The number of carbonyl (C=O) groups is 3. The van der Waals surface area contributed by atoms with Gasteiger partial charge in [0.25, 0.3) is 0 Å². The number of benzene rings is 4. The van der Waals surface area contributed by atoms with Crippen molar-refractivity contribution in [2.24, 2.45) is 0 Å². The number of esters is 3. The molecule has 2 saturated heterocycles. The zero-order valence-electron chi connectivity index (χ0n) is 26.6. The number of hydrogen-bond donors (Lipinski definition) is 0. The van der Waals surface area contributed by atoms with Crippen LogP contribution in [0.4, 0.5) is 0 Å². The van der Waals surface area contributed by atoms with Gasteiger partial charge in [-0.1, -0.05) is 91.0 Å². The van der Waals surface area contributed by atoms with Crippen LogP contribution in [-0.4, -0.2) is 61.8 Å². The van der Waals surface area contributed by atoms with Gasteiger partial charge in [0.15, 0.2) is 24.6 Å². The van der Waals surface area contributed by atoms with Crippen LogP contribution in [0.3, 0.4) is 0 Å². The van der Waals surface area contributed by atoms with Crippen molar-refractivity contribution in [3.05, 3.63) is 156 Å². The second kappa shape index (κ2) is 15.8. The number of unbranched alkanes of at least 4 members (excludes halogenated alkanes) is 1. The summed E-state index contributed by atoms with van der Waals surface area (Å²) in [6, 6.07) is 34.2. The van der Waals surface area contributed by atoms with Crippen molar-refractivity contribution in [2.75, 3.05) is 13.2 Å². The predicted octanol–water partition coefficient (Wildman–Crippen LogP) is 6.23. The summed E-state index contributed by atoms with van der Waals surface area (Å²) in [5, 5.41) is 0. The van der Waals surface area contributed by atoms with Gasteiger partial charge in [0, 0.05) is 5.56 Å². The summed E-state index contributed by atoms with van der Waals surface area (Å²) in [4.78, 5) is 40.2. The Bertz CT molecular complexity index is 1700. The summed E-state index contributed by atoms with van der Waals surface area (Å²) in [6.45, 7) is 3.64. The summed E-state index contributed by atoms with van der Waals surface area (Å²) >= 11 is 0. The summed E-state index contributed by atoms with van der Waals surface area (Å²) in [6.07, 6.45) is -2.97. The first kappa shape index (κ1) is 33.8. The average molecular weight is 665 g/mol. The summed E-state index contributed by atoms with van der Waals surface area (Å²) in [5.41, 5.74) is 1.37. The van der Waals surface area contributed by atoms with Crippen LogP contribution < -0.4 is 0 Å². The van der Waals surface area contributed by atoms with E-state index in [1.807, 2.05) is 18.2 Å². The molecule has 4 unspecified atom stereocenters. The van der Waals surface area contributed by atoms with E-state index in [1.165, 1.54) is 0 Å². The molecule has 6 atom stereocenters. The van der Waals surface area contributed by atoms with Gasteiger partial charge in [-0.3, -0.25) is 4.74 Å². The molecule has 0 saturated carbocycles. The van der Waals surface area contributed by atoms with E-state index in [1.54, 1.807) is 109 Å². The molecular formula is C39H36O10. The first-order chi connectivity index (χ1) is 24.0. The van der Waals surface area contributed by atoms with E-state index in [0.717, 1.165) is 0 Å². The molecule has 0 aliphatic carbocycles. The lowest BCUT2D eigenvalue weighted by Crippen LogP contribution is -2.60. The monoisotopic (exact) mass is 664 g/mol. The van der Waals surface area contributed by atoms with E-state index >= 15 is 0 Å². The highest BCUT2D eigenvalue weighted by Gasteiger charge is 2.62. The molecule has 0 N–H and O–H groups in total.